The molecule has 0 heterocycles. The first-order chi connectivity index (χ1) is 8.77. The zero-order valence-electron chi connectivity index (χ0n) is 12.2. The van der Waals surface area contributed by atoms with Gasteiger partial charge < -0.3 is 5.73 Å². The molecule has 5 heteroatoms. The van der Waals surface area contributed by atoms with E-state index in [0.717, 1.165) is 25.7 Å². The van der Waals surface area contributed by atoms with Crippen molar-refractivity contribution in [1.29, 1.82) is 0 Å². The molecule has 0 bridgehead atoms. The second-order valence-corrected chi connectivity index (χ2v) is 6.09. The molecule has 0 radical (unpaired) electrons. The molecule has 19 heavy (non-hydrogen) atoms. The van der Waals surface area contributed by atoms with E-state index in [4.69, 9.17) is 5.73 Å². The van der Waals surface area contributed by atoms with Crippen LogP contribution in [0.15, 0.2) is 0 Å². The number of hydrogen-bond acceptors (Lipinski definition) is 2. The predicted molar refractivity (Wildman–Crippen MR) is 71.9 cm³/mol. The molecule has 2 unspecified atom stereocenters. The number of rotatable bonds is 6. The minimum Gasteiger partial charge on any atom is -0.326 e. The average Bonchev–Trinajstić information content (AvgIpc) is 2.78. The number of alkyl halides is 3. The van der Waals surface area contributed by atoms with E-state index in [1.54, 1.807) is 11.8 Å². The van der Waals surface area contributed by atoms with Crippen LogP contribution in [0.1, 0.15) is 52.9 Å². The summed E-state index contributed by atoms with van der Waals surface area (Å²) in [5, 5.41) is 0. The second kappa shape index (κ2) is 6.93. The van der Waals surface area contributed by atoms with Crippen molar-refractivity contribution in [3.8, 4) is 0 Å². The Morgan fingerprint density at radius 3 is 2.11 bits per heavy atom. The van der Waals surface area contributed by atoms with Gasteiger partial charge in [-0.15, -0.1) is 0 Å². The number of nitrogens with two attached hydrogens (primary N) is 1. The van der Waals surface area contributed by atoms with Gasteiger partial charge in [-0.25, -0.2) is 0 Å². The number of hydrogen-bond donors (Lipinski definition) is 1. The molecule has 2 nitrogen and oxygen atoms in total. The molecule has 114 valence electrons. The van der Waals surface area contributed by atoms with Crippen molar-refractivity contribution in [2.24, 2.45) is 11.7 Å². The van der Waals surface area contributed by atoms with E-state index in [1.165, 1.54) is 0 Å². The summed E-state index contributed by atoms with van der Waals surface area (Å²) in [5.74, 6) is 0.217. The molecule has 0 spiro atoms. The first kappa shape index (κ1) is 16.8. The molecule has 1 aliphatic carbocycles. The van der Waals surface area contributed by atoms with E-state index >= 15 is 0 Å². The van der Waals surface area contributed by atoms with Crippen LogP contribution in [-0.2, 0) is 0 Å². The Kier molecular flexibility index (Phi) is 6.12. The molecule has 0 amide bonds. The van der Waals surface area contributed by atoms with Crippen molar-refractivity contribution in [1.82, 2.24) is 4.90 Å². The highest BCUT2D eigenvalue weighted by Gasteiger charge is 2.48. The molecule has 0 aromatic heterocycles. The molecular formula is C14H27F3N2. The molecule has 1 rings (SSSR count). The van der Waals surface area contributed by atoms with Crippen molar-refractivity contribution in [2.75, 3.05) is 6.54 Å². The van der Waals surface area contributed by atoms with Gasteiger partial charge in [0.2, 0.25) is 0 Å². The monoisotopic (exact) mass is 280 g/mol. The normalized spacial score (nSPS) is 21.3. The highest BCUT2D eigenvalue weighted by Crippen LogP contribution is 2.34. The quantitative estimate of drug-likeness (QED) is 0.806. The van der Waals surface area contributed by atoms with E-state index in [-0.39, 0.29) is 12.0 Å². The van der Waals surface area contributed by atoms with Gasteiger partial charge >= 0.3 is 6.18 Å². The largest absolute Gasteiger partial charge is 0.405 e. The standard InChI is InChI=1S/C14H27F3N2/c1-4-12(18)13(14(15,16)17)19(9-10(2)3)11-7-5-6-8-11/h10-13H,4-9,18H2,1-3H3. The smallest absolute Gasteiger partial charge is 0.326 e. The fourth-order valence-electron chi connectivity index (χ4n) is 3.05. The van der Waals surface area contributed by atoms with Crippen LogP contribution in [0.5, 0.6) is 0 Å². The SMILES string of the molecule is CCC(N)C(N(CC(C)C)C1CCCC1)C(F)(F)F. The molecule has 1 aliphatic rings. The maximum absolute atomic E-state index is 13.4. The van der Waals surface area contributed by atoms with Gasteiger partial charge in [-0.3, -0.25) is 4.90 Å². The minimum atomic E-state index is -4.24. The third-order valence-corrected chi connectivity index (χ3v) is 3.94. The minimum absolute atomic E-state index is 0.0478. The Morgan fingerprint density at radius 2 is 1.74 bits per heavy atom. The van der Waals surface area contributed by atoms with Gasteiger partial charge in [0.05, 0.1) is 0 Å². The van der Waals surface area contributed by atoms with Gasteiger partial charge in [-0.1, -0.05) is 33.6 Å². The summed E-state index contributed by atoms with van der Waals surface area (Å²) in [7, 11) is 0. The number of nitrogens with zero attached hydrogens (tertiary/aromatic N) is 1. The van der Waals surface area contributed by atoms with E-state index < -0.39 is 18.3 Å². The van der Waals surface area contributed by atoms with Crippen LogP contribution in [0, 0.1) is 5.92 Å². The molecule has 2 N–H and O–H groups in total. The second-order valence-electron chi connectivity index (χ2n) is 6.09. The van der Waals surface area contributed by atoms with E-state index in [9.17, 15) is 13.2 Å². The Bertz CT molecular complexity index is 260. The Morgan fingerprint density at radius 1 is 1.21 bits per heavy atom. The summed E-state index contributed by atoms with van der Waals surface area (Å²) in [5.41, 5.74) is 5.79. The summed E-state index contributed by atoms with van der Waals surface area (Å²) in [6.07, 6.45) is -0.0831. The zero-order chi connectivity index (χ0) is 14.6. The highest BCUT2D eigenvalue weighted by molar-refractivity contribution is 4.92. The predicted octanol–water partition coefficient (Wildman–Crippen LogP) is 3.56. The summed E-state index contributed by atoms with van der Waals surface area (Å²) in [6.45, 7) is 6.13. The topological polar surface area (TPSA) is 29.3 Å². The van der Waals surface area contributed by atoms with Gasteiger partial charge in [0, 0.05) is 18.6 Å². The summed E-state index contributed by atoms with van der Waals surface area (Å²) < 4.78 is 40.2. The van der Waals surface area contributed by atoms with Crippen molar-refractivity contribution < 1.29 is 13.2 Å². The van der Waals surface area contributed by atoms with Crippen molar-refractivity contribution in [3.63, 3.8) is 0 Å². The third-order valence-electron chi connectivity index (χ3n) is 3.94. The molecule has 0 aliphatic heterocycles. The van der Waals surface area contributed by atoms with Crippen LogP contribution in [-0.4, -0.2) is 35.7 Å². The fourth-order valence-corrected chi connectivity index (χ4v) is 3.05. The van der Waals surface area contributed by atoms with Crippen LogP contribution in [0.3, 0.4) is 0 Å². The lowest BCUT2D eigenvalue weighted by molar-refractivity contribution is -0.196. The Hall–Kier alpha value is -0.290. The van der Waals surface area contributed by atoms with Crippen LogP contribution < -0.4 is 5.73 Å². The van der Waals surface area contributed by atoms with Crippen molar-refractivity contribution >= 4 is 0 Å². The maximum atomic E-state index is 13.4. The molecule has 0 aromatic rings. The van der Waals surface area contributed by atoms with Crippen LogP contribution in [0.4, 0.5) is 13.2 Å². The summed E-state index contributed by atoms with van der Waals surface area (Å²) in [6, 6.07) is -2.28. The lowest BCUT2D eigenvalue weighted by Crippen LogP contribution is -2.59. The lowest BCUT2D eigenvalue weighted by atomic mass is 9.99. The van der Waals surface area contributed by atoms with Gasteiger partial charge in [0.1, 0.15) is 6.04 Å². The van der Waals surface area contributed by atoms with E-state index in [0.29, 0.717) is 13.0 Å². The van der Waals surface area contributed by atoms with E-state index in [2.05, 4.69) is 0 Å². The van der Waals surface area contributed by atoms with Gasteiger partial charge in [-0.2, -0.15) is 13.2 Å². The number of halogens is 3. The van der Waals surface area contributed by atoms with Crippen LogP contribution >= 0.6 is 0 Å². The van der Waals surface area contributed by atoms with Crippen molar-refractivity contribution in [3.05, 3.63) is 0 Å². The van der Waals surface area contributed by atoms with E-state index in [1.807, 2.05) is 13.8 Å². The average molecular weight is 280 g/mol. The molecular weight excluding hydrogens is 253 g/mol. The molecule has 1 fully saturated rings. The Balaban J connectivity index is 2.95. The molecule has 1 saturated carbocycles. The van der Waals surface area contributed by atoms with Gasteiger partial charge in [0.25, 0.3) is 0 Å². The third kappa shape index (κ3) is 4.63. The summed E-state index contributed by atoms with van der Waals surface area (Å²) >= 11 is 0. The van der Waals surface area contributed by atoms with Crippen LogP contribution in [0.25, 0.3) is 0 Å². The first-order valence-corrected chi connectivity index (χ1v) is 7.35. The highest BCUT2D eigenvalue weighted by atomic mass is 19.4. The molecule has 2 atom stereocenters. The maximum Gasteiger partial charge on any atom is 0.405 e. The van der Waals surface area contributed by atoms with Crippen molar-refractivity contribution in [2.45, 2.75) is 77.2 Å². The summed E-state index contributed by atoms with van der Waals surface area (Å²) in [4.78, 5) is 1.64. The molecule has 0 saturated heterocycles. The van der Waals surface area contributed by atoms with Crippen LogP contribution in [0.2, 0.25) is 0 Å². The van der Waals surface area contributed by atoms with Gasteiger partial charge in [0.15, 0.2) is 0 Å². The molecule has 0 aromatic carbocycles. The fraction of sp³-hybridized carbons (Fsp3) is 1.00. The zero-order valence-corrected chi connectivity index (χ0v) is 12.2. The van der Waals surface area contributed by atoms with Gasteiger partial charge in [-0.05, 0) is 25.2 Å². The lowest BCUT2D eigenvalue weighted by Gasteiger charge is -2.41. The Labute approximate surface area is 114 Å². The first-order valence-electron chi connectivity index (χ1n) is 7.35.